The van der Waals surface area contributed by atoms with Crippen LogP contribution in [-0.4, -0.2) is 28.6 Å². The Balaban J connectivity index is 1.72. The van der Waals surface area contributed by atoms with Gasteiger partial charge >= 0.3 is 0 Å². The van der Waals surface area contributed by atoms with Gasteiger partial charge in [0, 0.05) is 16.2 Å². The first-order valence-corrected chi connectivity index (χ1v) is 10.2. The summed E-state index contributed by atoms with van der Waals surface area (Å²) in [4.78, 5) is 31.6. The molecule has 1 saturated heterocycles. The van der Waals surface area contributed by atoms with Crippen molar-refractivity contribution < 1.29 is 24.2 Å². The second kappa shape index (κ2) is 7.55. The molecule has 2 aromatic carbocycles. The van der Waals surface area contributed by atoms with Gasteiger partial charge in [-0.2, -0.15) is 0 Å². The van der Waals surface area contributed by atoms with Crippen LogP contribution < -0.4 is 14.4 Å². The molecule has 0 radical (unpaired) electrons. The maximum absolute atomic E-state index is 13.1. The minimum Gasteiger partial charge on any atom is -0.507 e. The zero-order chi connectivity index (χ0) is 21.5. The van der Waals surface area contributed by atoms with E-state index in [0.717, 1.165) is 4.47 Å². The highest BCUT2D eigenvalue weighted by Crippen LogP contribution is 2.44. The predicted molar refractivity (Wildman–Crippen MR) is 116 cm³/mol. The first kappa shape index (κ1) is 19.3. The van der Waals surface area contributed by atoms with Gasteiger partial charge in [-0.1, -0.05) is 34.1 Å². The maximum Gasteiger partial charge on any atom is 0.300 e. The molecule has 154 valence electrons. The van der Waals surface area contributed by atoms with Crippen molar-refractivity contribution in [1.82, 2.24) is 4.98 Å². The molecule has 3 heterocycles. The van der Waals surface area contributed by atoms with Crippen molar-refractivity contribution in [2.45, 2.75) is 6.04 Å². The van der Waals surface area contributed by atoms with Crippen molar-refractivity contribution in [1.29, 1.82) is 0 Å². The zero-order valence-electron chi connectivity index (χ0n) is 16.0. The van der Waals surface area contributed by atoms with Gasteiger partial charge in [0.25, 0.3) is 11.7 Å². The van der Waals surface area contributed by atoms with Crippen molar-refractivity contribution in [2.24, 2.45) is 0 Å². The first-order valence-electron chi connectivity index (χ1n) is 9.41. The number of amides is 1. The van der Waals surface area contributed by atoms with Crippen LogP contribution in [0.5, 0.6) is 11.5 Å². The zero-order valence-corrected chi connectivity index (χ0v) is 17.6. The summed E-state index contributed by atoms with van der Waals surface area (Å²) < 4.78 is 11.7. The van der Waals surface area contributed by atoms with Crippen molar-refractivity contribution in [3.8, 4) is 11.5 Å². The average Bonchev–Trinajstić information content (AvgIpc) is 3.36. The molecule has 0 aliphatic carbocycles. The van der Waals surface area contributed by atoms with Crippen molar-refractivity contribution in [3.63, 3.8) is 0 Å². The quantitative estimate of drug-likeness (QED) is 0.344. The number of ether oxygens (including phenoxy) is 2. The van der Waals surface area contributed by atoms with Gasteiger partial charge in [-0.15, -0.1) is 0 Å². The van der Waals surface area contributed by atoms with E-state index in [1.165, 1.54) is 11.1 Å². The molecule has 2 aliphatic heterocycles. The van der Waals surface area contributed by atoms with Crippen LogP contribution >= 0.6 is 15.9 Å². The third-order valence-corrected chi connectivity index (χ3v) is 5.73. The molecule has 2 aliphatic rings. The van der Waals surface area contributed by atoms with Gasteiger partial charge in [0.1, 0.15) is 5.76 Å². The summed E-state index contributed by atoms with van der Waals surface area (Å²) in [6.07, 6.45) is 3.09. The van der Waals surface area contributed by atoms with Crippen molar-refractivity contribution >= 4 is 39.1 Å². The lowest BCUT2D eigenvalue weighted by atomic mass is 9.95. The largest absolute Gasteiger partial charge is 0.507 e. The van der Waals surface area contributed by atoms with Gasteiger partial charge in [-0.05, 0) is 42.0 Å². The topological polar surface area (TPSA) is 89.0 Å². The number of hydrogen-bond acceptors (Lipinski definition) is 6. The lowest BCUT2D eigenvalue weighted by molar-refractivity contribution is -0.132. The Morgan fingerprint density at radius 2 is 1.84 bits per heavy atom. The molecule has 3 aromatic rings. The second-order valence-corrected chi connectivity index (χ2v) is 7.92. The van der Waals surface area contributed by atoms with E-state index in [1.54, 1.807) is 60.8 Å². The number of aliphatic hydroxyl groups excluding tert-OH is 1. The summed E-state index contributed by atoms with van der Waals surface area (Å²) >= 11 is 3.36. The highest BCUT2D eigenvalue weighted by Gasteiger charge is 2.47. The number of halogens is 1. The Bertz CT molecular complexity index is 1220. The molecule has 7 nitrogen and oxygen atoms in total. The Kier molecular flexibility index (Phi) is 4.71. The van der Waals surface area contributed by atoms with Crippen LogP contribution in [0.25, 0.3) is 5.76 Å². The van der Waals surface area contributed by atoms with Crippen LogP contribution in [0.3, 0.4) is 0 Å². The van der Waals surface area contributed by atoms with Crippen molar-refractivity contribution in [2.75, 3.05) is 11.7 Å². The molecule has 0 saturated carbocycles. The number of Topliss-reactive ketones (excluding diaryl/α,β-unsaturated/α-hetero) is 1. The summed E-state index contributed by atoms with van der Waals surface area (Å²) in [6, 6.07) is 14.6. The molecular formula is C23H15BrN2O5. The van der Waals surface area contributed by atoms with Crippen LogP contribution in [0.15, 0.2) is 77.0 Å². The number of rotatable bonds is 3. The van der Waals surface area contributed by atoms with E-state index in [1.807, 2.05) is 0 Å². The summed E-state index contributed by atoms with van der Waals surface area (Å²) in [5.41, 5.74) is 1.47. The summed E-state index contributed by atoms with van der Waals surface area (Å²) in [5.74, 6) is -0.672. The standard InChI is InChI=1S/C23H15BrN2O5/c24-15-6-3-13(4-7-15)21(27)19-20(14-5-8-17-18(10-14)31-12-30-17)26(23(29)22(19)28)16-2-1-9-25-11-16/h1-11,20,27H,12H2/t20-/m0/s1. The number of fused-ring (bicyclic) bond motifs is 1. The molecule has 0 spiro atoms. The number of pyridine rings is 1. The van der Waals surface area contributed by atoms with E-state index >= 15 is 0 Å². The fourth-order valence-electron chi connectivity index (χ4n) is 3.76. The number of ketones is 1. The molecule has 8 heteroatoms. The van der Waals surface area contributed by atoms with E-state index in [0.29, 0.717) is 28.3 Å². The number of benzene rings is 2. The van der Waals surface area contributed by atoms with Gasteiger partial charge < -0.3 is 14.6 Å². The van der Waals surface area contributed by atoms with E-state index in [2.05, 4.69) is 20.9 Å². The molecule has 1 fully saturated rings. The SMILES string of the molecule is O=C1C(=O)N(c2cccnc2)[C@@H](c2ccc3c(c2)OCO3)C1=C(O)c1ccc(Br)cc1. The summed E-state index contributed by atoms with van der Waals surface area (Å²) in [6.45, 7) is 0.0977. The first-order chi connectivity index (χ1) is 15.0. The van der Waals surface area contributed by atoms with Gasteiger partial charge in [0.05, 0.1) is 23.5 Å². The smallest absolute Gasteiger partial charge is 0.300 e. The number of carbonyl (C=O) groups is 2. The van der Waals surface area contributed by atoms with Crippen LogP contribution in [-0.2, 0) is 9.59 Å². The highest BCUT2D eigenvalue weighted by molar-refractivity contribution is 9.10. The molecule has 1 N–H and O–H groups in total. The number of aromatic nitrogens is 1. The number of hydrogen-bond donors (Lipinski definition) is 1. The molecule has 0 unspecified atom stereocenters. The third-order valence-electron chi connectivity index (χ3n) is 5.20. The van der Waals surface area contributed by atoms with Gasteiger partial charge in [0.15, 0.2) is 11.5 Å². The number of carbonyl (C=O) groups excluding carboxylic acids is 2. The fraction of sp³-hybridized carbons (Fsp3) is 0.0870. The van der Waals surface area contributed by atoms with Gasteiger partial charge in [0.2, 0.25) is 6.79 Å². The monoisotopic (exact) mass is 478 g/mol. The van der Waals surface area contributed by atoms with Gasteiger partial charge in [-0.3, -0.25) is 19.5 Å². The maximum atomic E-state index is 13.1. The molecule has 1 atom stereocenters. The van der Waals surface area contributed by atoms with Crippen LogP contribution in [0.2, 0.25) is 0 Å². The second-order valence-electron chi connectivity index (χ2n) is 7.00. The van der Waals surface area contributed by atoms with Crippen LogP contribution in [0, 0.1) is 0 Å². The normalized spacial score (nSPS) is 19.1. The van der Waals surface area contributed by atoms with E-state index in [4.69, 9.17) is 9.47 Å². The van der Waals surface area contributed by atoms with Crippen LogP contribution in [0.1, 0.15) is 17.2 Å². The third kappa shape index (κ3) is 3.25. The van der Waals surface area contributed by atoms with E-state index < -0.39 is 17.7 Å². The molecule has 0 bridgehead atoms. The molecule has 5 rings (SSSR count). The molecule has 31 heavy (non-hydrogen) atoms. The number of aliphatic hydroxyl groups is 1. The molecule has 1 amide bonds. The Hall–Kier alpha value is -3.65. The minimum atomic E-state index is -0.859. The van der Waals surface area contributed by atoms with Gasteiger partial charge in [-0.25, -0.2) is 0 Å². The summed E-state index contributed by atoms with van der Waals surface area (Å²) in [5, 5.41) is 11.1. The Labute approximate surface area is 185 Å². The Morgan fingerprint density at radius 1 is 1.06 bits per heavy atom. The molecular weight excluding hydrogens is 464 g/mol. The van der Waals surface area contributed by atoms with E-state index in [-0.39, 0.29) is 18.1 Å². The minimum absolute atomic E-state index is 0.00459. The fourth-order valence-corrected chi connectivity index (χ4v) is 4.02. The van der Waals surface area contributed by atoms with E-state index in [9.17, 15) is 14.7 Å². The van der Waals surface area contributed by atoms with Crippen LogP contribution in [0.4, 0.5) is 5.69 Å². The molecule has 1 aromatic heterocycles. The average molecular weight is 479 g/mol. The number of anilines is 1. The number of nitrogens with zero attached hydrogens (tertiary/aromatic N) is 2. The Morgan fingerprint density at radius 3 is 2.58 bits per heavy atom. The predicted octanol–water partition coefficient (Wildman–Crippen LogP) is 4.20. The lowest BCUT2D eigenvalue weighted by Gasteiger charge is -2.25. The van der Waals surface area contributed by atoms with Crippen molar-refractivity contribution in [3.05, 3.63) is 88.2 Å². The summed E-state index contributed by atoms with van der Waals surface area (Å²) in [7, 11) is 0. The highest BCUT2D eigenvalue weighted by atomic mass is 79.9. The lowest BCUT2D eigenvalue weighted by Crippen LogP contribution is -2.29.